The van der Waals surface area contributed by atoms with Crippen LogP contribution in [-0.2, 0) is 0 Å². The zero-order chi connectivity index (χ0) is 8.97. The molecule has 0 saturated heterocycles. The van der Waals surface area contributed by atoms with Crippen LogP contribution in [0.5, 0.6) is 0 Å². The molecule has 3 nitrogen and oxygen atoms in total. The molecule has 0 saturated carbocycles. The first kappa shape index (κ1) is 8.62. The highest BCUT2D eigenvalue weighted by molar-refractivity contribution is 5.48. The zero-order valence-electron chi connectivity index (χ0n) is 7.07. The van der Waals surface area contributed by atoms with E-state index >= 15 is 0 Å². The number of aryl methyl sites for hydroxylation is 1. The summed E-state index contributed by atoms with van der Waals surface area (Å²) in [5, 5.41) is 1.47. The molecule has 4 N–H and O–H groups in total. The molecule has 0 radical (unpaired) electrons. The van der Waals surface area contributed by atoms with Gasteiger partial charge in [0, 0.05) is 12.4 Å². The Kier molecular flexibility index (Phi) is 2.71. The fraction of sp³-hybridized carbons (Fsp3) is 0.111. The van der Waals surface area contributed by atoms with Crippen molar-refractivity contribution in [3.05, 3.63) is 42.2 Å². The average Bonchev–Trinajstić information content (AvgIpc) is 2.06. The average molecular weight is 163 g/mol. The lowest BCUT2D eigenvalue weighted by Crippen LogP contribution is -2.24. The van der Waals surface area contributed by atoms with E-state index in [1.165, 1.54) is 16.8 Å². The van der Waals surface area contributed by atoms with Crippen molar-refractivity contribution in [2.45, 2.75) is 6.92 Å². The molecule has 0 amide bonds. The van der Waals surface area contributed by atoms with Crippen molar-refractivity contribution in [1.29, 1.82) is 0 Å². The Labute approximate surface area is 72.2 Å². The molecule has 0 spiro atoms. The predicted molar refractivity (Wildman–Crippen MR) is 51.2 cm³/mol. The monoisotopic (exact) mass is 163 g/mol. The van der Waals surface area contributed by atoms with Gasteiger partial charge in [-0.15, -0.1) is 0 Å². The fourth-order valence-corrected chi connectivity index (χ4v) is 0.896. The highest BCUT2D eigenvalue weighted by Crippen LogP contribution is 2.11. The van der Waals surface area contributed by atoms with Gasteiger partial charge in [0.25, 0.3) is 0 Å². The summed E-state index contributed by atoms with van der Waals surface area (Å²) < 4.78 is 0. The Morgan fingerprint density at radius 3 is 2.33 bits per heavy atom. The van der Waals surface area contributed by atoms with Crippen molar-refractivity contribution in [2.75, 3.05) is 5.01 Å². The molecule has 0 aliphatic carbocycles. The van der Waals surface area contributed by atoms with E-state index in [0.717, 1.165) is 5.69 Å². The van der Waals surface area contributed by atoms with Crippen molar-refractivity contribution in [2.24, 2.45) is 11.6 Å². The second-order valence-corrected chi connectivity index (χ2v) is 2.58. The highest BCUT2D eigenvalue weighted by atomic mass is 15.4. The maximum atomic E-state index is 5.62. The van der Waals surface area contributed by atoms with E-state index in [1.54, 1.807) is 6.20 Å². The van der Waals surface area contributed by atoms with E-state index in [0.29, 0.717) is 0 Å². The number of hydrogen-bond donors (Lipinski definition) is 2. The number of benzene rings is 1. The number of hydrazine groups is 1. The van der Waals surface area contributed by atoms with Gasteiger partial charge in [-0.2, -0.15) is 0 Å². The molecule has 0 bridgehead atoms. The molecular formula is C9H13N3. The van der Waals surface area contributed by atoms with Crippen molar-refractivity contribution < 1.29 is 0 Å². The molecule has 1 rings (SSSR count). The molecule has 1 aromatic rings. The zero-order valence-corrected chi connectivity index (χ0v) is 7.07. The van der Waals surface area contributed by atoms with Crippen molar-refractivity contribution in [3.63, 3.8) is 0 Å². The van der Waals surface area contributed by atoms with Crippen molar-refractivity contribution in [1.82, 2.24) is 0 Å². The van der Waals surface area contributed by atoms with Crippen LogP contribution < -0.4 is 16.6 Å². The van der Waals surface area contributed by atoms with Crippen molar-refractivity contribution in [3.8, 4) is 0 Å². The normalized spacial score (nSPS) is 10.5. The van der Waals surface area contributed by atoms with Crippen LogP contribution in [0.1, 0.15) is 5.56 Å². The third-order valence-electron chi connectivity index (χ3n) is 1.58. The number of hydrogen-bond acceptors (Lipinski definition) is 3. The smallest absolute Gasteiger partial charge is 0.0569 e. The first-order valence-corrected chi connectivity index (χ1v) is 3.73. The first-order valence-electron chi connectivity index (χ1n) is 3.73. The second-order valence-electron chi connectivity index (χ2n) is 2.58. The molecule has 3 heteroatoms. The predicted octanol–water partition coefficient (Wildman–Crippen LogP) is 1.11. The van der Waals surface area contributed by atoms with Crippen LogP contribution in [0.25, 0.3) is 0 Å². The standard InChI is InChI=1S/C9H13N3/c1-8-2-4-9(5-3-8)12(11)7-6-10/h2-7H,10-11H2,1H3/b7-6-. The van der Waals surface area contributed by atoms with Gasteiger partial charge in [0.15, 0.2) is 0 Å². The summed E-state index contributed by atoms with van der Waals surface area (Å²) in [6.07, 6.45) is 3.00. The number of nitrogens with zero attached hydrogens (tertiary/aromatic N) is 1. The van der Waals surface area contributed by atoms with Gasteiger partial charge in [-0.3, -0.25) is 5.01 Å². The summed E-state index contributed by atoms with van der Waals surface area (Å²) in [5.74, 6) is 5.62. The molecule has 0 atom stereocenters. The van der Waals surface area contributed by atoms with E-state index in [2.05, 4.69) is 0 Å². The van der Waals surface area contributed by atoms with Gasteiger partial charge < -0.3 is 5.73 Å². The van der Waals surface area contributed by atoms with Gasteiger partial charge in [-0.1, -0.05) is 17.7 Å². The summed E-state index contributed by atoms with van der Waals surface area (Å²) in [6.45, 7) is 2.03. The minimum absolute atomic E-state index is 0.919. The lowest BCUT2D eigenvalue weighted by Gasteiger charge is -2.12. The van der Waals surface area contributed by atoms with Gasteiger partial charge in [0.2, 0.25) is 0 Å². The maximum Gasteiger partial charge on any atom is 0.0569 e. The number of nitrogens with two attached hydrogens (primary N) is 2. The molecule has 0 heterocycles. The minimum Gasteiger partial charge on any atom is -0.403 e. The minimum atomic E-state index is 0.919. The van der Waals surface area contributed by atoms with Crippen LogP contribution in [-0.4, -0.2) is 0 Å². The molecular weight excluding hydrogens is 150 g/mol. The molecule has 12 heavy (non-hydrogen) atoms. The van der Waals surface area contributed by atoms with Gasteiger partial charge in [0.05, 0.1) is 5.69 Å². The largest absolute Gasteiger partial charge is 0.403 e. The number of rotatable bonds is 2. The fourth-order valence-electron chi connectivity index (χ4n) is 0.896. The molecule has 0 aliphatic rings. The van der Waals surface area contributed by atoms with E-state index < -0.39 is 0 Å². The lowest BCUT2D eigenvalue weighted by atomic mass is 10.2. The summed E-state index contributed by atoms with van der Waals surface area (Å²) >= 11 is 0. The maximum absolute atomic E-state index is 5.62. The van der Waals surface area contributed by atoms with E-state index in [9.17, 15) is 0 Å². The summed E-state index contributed by atoms with van der Waals surface area (Å²) in [5.41, 5.74) is 7.33. The van der Waals surface area contributed by atoms with E-state index in [4.69, 9.17) is 11.6 Å². The Balaban J connectivity index is 2.82. The number of anilines is 1. The molecule has 64 valence electrons. The van der Waals surface area contributed by atoms with E-state index in [-0.39, 0.29) is 0 Å². The van der Waals surface area contributed by atoms with Gasteiger partial charge in [-0.25, -0.2) is 5.84 Å². The quantitative estimate of drug-likeness (QED) is 0.507. The molecule has 1 aromatic carbocycles. The molecule has 0 aliphatic heterocycles. The van der Waals surface area contributed by atoms with Gasteiger partial charge in [-0.05, 0) is 19.1 Å². The Hall–Kier alpha value is -1.48. The van der Waals surface area contributed by atoms with Gasteiger partial charge in [0.1, 0.15) is 0 Å². The Bertz CT molecular complexity index is 264. The Morgan fingerprint density at radius 1 is 1.25 bits per heavy atom. The third-order valence-corrected chi connectivity index (χ3v) is 1.58. The molecule has 0 unspecified atom stereocenters. The highest BCUT2D eigenvalue weighted by Gasteiger charge is 1.94. The second kappa shape index (κ2) is 3.78. The van der Waals surface area contributed by atoms with Crippen LogP contribution in [0.15, 0.2) is 36.7 Å². The van der Waals surface area contributed by atoms with E-state index in [1.807, 2.05) is 31.2 Å². The summed E-state index contributed by atoms with van der Waals surface area (Å²) in [6, 6.07) is 7.88. The summed E-state index contributed by atoms with van der Waals surface area (Å²) in [7, 11) is 0. The van der Waals surface area contributed by atoms with Crippen molar-refractivity contribution >= 4 is 5.69 Å². The van der Waals surface area contributed by atoms with Crippen LogP contribution in [0.2, 0.25) is 0 Å². The summed E-state index contributed by atoms with van der Waals surface area (Å²) in [4.78, 5) is 0. The SMILES string of the molecule is Cc1ccc(N(N)/C=C\N)cc1. The van der Waals surface area contributed by atoms with Crippen LogP contribution in [0.4, 0.5) is 5.69 Å². The molecule has 0 aromatic heterocycles. The van der Waals surface area contributed by atoms with Crippen LogP contribution in [0.3, 0.4) is 0 Å². The third kappa shape index (κ3) is 2.00. The Morgan fingerprint density at radius 2 is 1.83 bits per heavy atom. The first-order chi connectivity index (χ1) is 5.74. The topological polar surface area (TPSA) is 55.3 Å². The molecule has 0 fully saturated rings. The lowest BCUT2D eigenvalue weighted by molar-refractivity contribution is 1.07. The van der Waals surface area contributed by atoms with Crippen LogP contribution >= 0.6 is 0 Å². The van der Waals surface area contributed by atoms with Gasteiger partial charge >= 0.3 is 0 Å². The van der Waals surface area contributed by atoms with Crippen LogP contribution in [0, 0.1) is 6.92 Å².